The molecule has 0 spiro atoms. The lowest BCUT2D eigenvalue weighted by atomic mass is 10.2. The summed E-state index contributed by atoms with van der Waals surface area (Å²) < 4.78 is 18.1. The van der Waals surface area contributed by atoms with Crippen molar-refractivity contribution in [3.05, 3.63) is 57.5 Å². The van der Waals surface area contributed by atoms with Gasteiger partial charge in [-0.05, 0) is 24.4 Å². The monoisotopic (exact) mass is 429 g/mol. The lowest BCUT2D eigenvalue weighted by molar-refractivity contribution is 0.349. The lowest BCUT2D eigenvalue weighted by Crippen LogP contribution is -2.12. The molecular weight excluding hydrogens is 406 g/mol. The van der Waals surface area contributed by atoms with E-state index in [-0.39, 0.29) is 0 Å². The summed E-state index contributed by atoms with van der Waals surface area (Å²) in [6.07, 6.45) is 1.74. The molecule has 0 amide bonds. The van der Waals surface area contributed by atoms with Crippen LogP contribution in [0.1, 0.15) is 12.5 Å². The van der Waals surface area contributed by atoms with Crippen LogP contribution in [0.15, 0.2) is 57.3 Å². The number of methoxy groups -OCH3 is 3. The van der Waals surface area contributed by atoms with E-state index in [4.69, 9.17) is 19.3 Å². The molecule has 0 bridgehead atoms. The van der Waals surface area contributed by atoms with Crippen LogP contribution in [0.5, 0.6) is 17.2 Å². The van der Waals surface area contributed by atoms with Crippen molar-refractivity contribution in [1.29, 1.82) is 0 Å². The standard InChI is InChI=1S/C21H23N3O3S2/c1-14(2)11-22-21-24(16(13-29-21)20-7-6-8-28-20)23-12-15-9-18(26-4)19(27-5)10-17(15)25-3/h6-10,12-13H,1,11H2,2-5H3. The Bertz CT molecular complexity index is 1080. The number of aromatic nitrogens is 1. The maximum absolute atomic E-state index is 5.50. The summed E-state index contributed by atoms with van der Waals surface area (Å²) in [5, 5.41) is 8.83. The number of hydrogen-bond acceptors (Lipinski definition) is 7. The number of rotatable bonds is 8. The van der Waals surface area contributed by atoms with E-state index in [1.54, 1.807) is 56.3 Å². The first-order valence-electron chi connectivity index (χ1n) is 8.81. The normalized spacial score (nSPS) is 11.8. The van der Waals surface area contributed by atoms with Crippen LogP contribution in [-0.2, 0) is 0 Å². The number of thiophene rings is 1. The van der Waals surface area contributed by atoms with Crippen LogP contribution >= 0.6 is 22.7 Å². The molecule has 0 aliphatic rings. The quantitative estimate of drug-likeness (QED) is 0.386. The van der Waals surface area contributed by atoms with Crippen molar-refractivity contribution in [2.75, 3.05) is 27.9 Å². The van der Waals surface area contributed by atoms with E-state index < -0.39 is 0 Å². The van der Waals surface area contributed by atoms with E-state index in [1.165, 1.54) is 0 Å². The summed E-state index contributed by atoms with van der Waals surface area (Å²) in [7, 11) is 4.80. The zero-order valence-electron chi connectivity index (χ0n) is 16.8. The summed E-state index contributed by atoms with van der Waals surface area (Å²) in [6.45, 7) is 6.44. The predicted molar refractivity (Wildman–Crippen MR) is 120 cm³/mol. The Morgan fingerprint density at radius 1 is 1.10 bits per heavy atom. The van der Waals surface area contributed by atoms with E-state index in [0.717, 1.165) is 26.5 Å². The molecule has 6 nitrogen and oxygen atoms in total. The summed E-state index contributed by atoms with van der Waals surface area (Å²) in [5.41, 5.74) is 2.75. The molecule has 0 aliphatic carbocycles. The van der Waals surface area contributed by atoms with Crippen LogP contribution in [0.25, 0.3) is 10.6 Å². The van der Waals surface area contributed by atoms with Crippen molar-refractivity contribution in [3.63, 3.8) is 0 Å². The van der Waals surface area contributed by atoms with Crippen molar-refractivity contribution < 1.29 is 14.2 Å². The fourth-order valence-corrected chi connectivity index (χ4v) is 4.22. The fraction of sp³-hybridized carbons (Fsp3) is 0.238. The van der Waals surface area contributed by atoms with E-state index in [1.807, 2.05) is 29.1 Å². The summed E-state index contributed by atoms with van der Waals surface area (Å²) in [6, 6.07) is 7.71. The minimum absolute atomic E-state index is 0.555. The number of nitrogens with zero attached hydrogens (tertiary/aromatic N) is 3. The average molecular weight is 430 g/mol. The second-order valence-electron chi connectivity index (χ2n) is 6.16. The van der Waals surface area contributed by atoms with Gasteiger partial charge >= 0.3 is 0 Å². The highest BCUT2D eigenvalue weighted by Gasteiger charge is 2.12. The van der Waals surface area contributed by atoms with Gasteiger partial charge in [0.2, 0.25) is 4.80 Å². The van der Waals surface area contributed by atoms with E-state index in [0.29, 0.717) is 23.8 Å². The maximum atomic E-state index is 5.50. The Balaban J connectivity index is 2.09. The molecule has 152 valence electrons. The maximum Gasteiger partial charge on any atom is 0.206 e. The van der Waals surface area contributed by atoms with Gasteiger partial charge < -0.3 is 14.2 Å². The molecule has 0 saturated heterocycles. The second kappa shape index (κ2) is 9.58. The molecule has 0 unspecified atom stereocenters. The van der Waals surface area contributed by atoms with Gasteiger partial charge in [-0.2, -0.15) is 5.10 Å². The molecule has 3 aromatic rings. The first kappa shape index (κ1) is 20.9. The van der Waals surface area contributed by atoms with Gasteiger partial charge in [0.1, 0.15) is 5.75 Å². The Morgan fingerprint density at radius 3 is 2.45 bits per heavy atom. The van der Waals surface area contributed by atoms with Crippen LogP contribution in [0.2, 0.25) is 0 Å². The molecule has 2 aromatic heterocycles. The second-order valence-corrected chi connectivity index (χ2v) is 7.94. The largest absolute Gasteiger partial charge is 0.496 e. The van der Waals surface area contributed by atoms with Gasteiger partial charge in [-0.25, -0.2) is 4.68 Å². The highest BCUT2D eigenvalue weighted by Crippen LogP contribution is 2.34. The van der Waals surface area contributed by atoms with Crippen LogP contribution in [0.3, 0.4) is 0 Å². The topological polar surface area (TPSA) is 57.3 Å². The summed E-state index contributed by atoms with van der Waals surface area (Å²) in [5.74, 6) is 1.84. The van der Waals surface area contributed by atoms with Gasteiger partial charge in [-0.1, -0.05) is 18.2 Å². The molecule has 0 fully saturated rings. The highest BCUT2D eigenvalue weighted by atomic mass is 32.1. The lowest BCUT2D eigenvalue weighted by Gasteiger charge is -2.12. The summed E-state index contributed by atoms with van der Waals surface area (Å²) in [4.78, 5) is 6.57. The highest BCUT2D eigenvalue weighted by molar-refractivity contribution is 7.14. The molecular formula is C21H23N3O3S2. The minimum atomic E-state index is 0.555. The Hall–Kier alpha value is -2.84. The van der Waals surface area contributed by atoms with E-state index in [9.17, 15) is 0 Å². The summed E-state index contributed by atoms with van der Waals surface area (Å²) >= 11 is 3.21. The number of hydrogen-bond donors (Lipinski definition) is 0. The molecule has 0 aliphatic heterocycles. The smallest absolute Gasteiger partial charge is 0.206 e. The Kier molecular flexibility index (Phi) is 6.90. The van der Waals surface area contributed by atoms with Gasteiger partial charge in [0.15, 0.2) is 11.5 Å². The predicted octanol–water partition coefficient (Wildman–Crippen LogP) is 4.66. The average Bonchev–Trinajstić information content (AvgIpc) is 3.39. The zero-order valence-corrected chi connectivity index (χ0v) is 18.5. The van der Waals surface area contributed by atoms with E-state index >= 15 is 0 Å². The van der Waals surface area contributed by atoms with Crippen molar-refractivity contribution in [3.8, 4) is 27.8 Å². The molecule has 0 saturated carbocycles. The Labute approximate surface area is 178 Å². The van der Waals surface area contributed by atoms with Crippen LogP contribution in [0, 0.1) is 0 Å². The molecule has 29 heavy (non-hydrogen) atoms. The van der Waals surface area contributed by atoms with Gasteiger partial charge in [-0.15, -0.1) is 22.7 Å². The fourth-order valence-electron chi connectivity index (χ4n) is 2.59. The van der Waals surface area contributed by atoms with Crippen LogP contribution in [-0.4, -0.2) is 38.8 Å². The molecule has 0 atom stereocenters. The molecule has 0 N–H and O–H groups in total. The van der Waals surface area contributed by atoms with Crippen molar-refractivity contribution in [2.45, 2.75) is 6.92 Å². The third-order valence-electron chi connectivity index (χ3n) is 3.99. The molecule has 1 aromatic carbocycles. The SMILES string of the molecule is C=C(C)CN=c1scc(-c2cccs2)n1N=Cc1cc(OC)c(OC)cc1OC. The molecule has 2 heterocycles. The van der Waals surface area contributed by atoms with Gasteiger partial charge in [0, 0.05) is 17.0 Å². The Morgan fingerprint density at radius 2 is 1.83 bits per heavy atom. The third-order valence-corrected chi connectivity index (χ3v) is 5.74. The number of ether oxygens (including phenoxy) is 3. The van der Waals surface area contributed by atoms with Crippen molar-refractivity contribution >= 4 is 28.9 Å². The minimum Gasteiger partial charge on any atom is -0.496 e. The van der Waals surface area contributed by atoms with Gasteiger partial charge in [0.05, 0.1) is 44.7 Å². The number of thiazole rings is 1. The zero-order chi connectivity index (χ0) is 20.8. The first-order valence-corrected chi connectivity index (χ1v) is 10.6. The molecule has 0 radical (unpaired) electrons. The van der Waals surface area contributed by atoms with E-state index in [2.05, 4.69) is 23.0 Å². The van der Waals surface area contributed by atoms with Crippen LogP contribution < -0.4 is 19.0 Å². The molecule has 8 heteroatoms. The first-order chi connectivity index (χ1) is 14.1. The third kappa shape index (κ3) is 4.78. The van der Waals surface area contributed by atoms with Crippen molar-refractivity contribution in [2.24, 2.45) is 10.1 Å². The van der Waals surface area contributed by atoms with Gasteiger partial charge in [-0.3, -0.25) is 4.99 Å². The van der Waals surface area contributed by atoms with Crippen LogP contribution in [0.4, 0.5) is 0 Å². The molecule has 3 rings (SSSR count). The van der Waals surface area contributed by atoms with Gasteiger partial charge in [0.25, 0.3) is 0 Å². The van der Waals surface area contributed by atoms with Crippen molar-refractivity contribution in [1.82, 2.24) is 4.68 Å². The number of benzene rings is 1.